The average Bonchev–Trinajstić information content (AvgIpc) is 2.91. The standard InChI is InChI=1S/C13H8ClF2N5/c14-7-1-3-9(12(17)5-7)13-18-19-20-21(13)8-2-4-10(15)11(16)6-8/h1-6H,17H2. The number of halogens is 3. The molecule has 0 aliphatic rings. The van der Waals surface area contributed by atoms with Gasteiger partial charge in [-0.2, -0.15) is 4.68 Å². The first kappa shape index (κ1) is 13.4. The van der Waals surface area contributed by atoms with Gasteiger partial charge < -0.3 is 5.73 Å². The first-order valence-corrected chi connectivity index (χ1v) is 6.23. The van der Waals surface area contributed by atoms with Crippen LogP contribution in [0.1, 0.15) is 0 Å². The monoisotopic (exact) mass is 307 g/mol. The molecule has 0 spiro atoms. The molecule has 0 amide bonds. The Balaban J connectivity index is 2.14. The van der Waals surface area contributed by atoms with Crippen LogP contribution in [-0.4, -0.2) is 20.2 Å². The molecule has 3 aromatic rings. The topological polar surface area (TPSA) is 69.6 Å². The number of rotatable bonds is 2. The molecule has 0 atom stereocenters. The molecule has 2 aromatic carbocycles. The molecule has 21 heavy (non-hydrogen) atoms. The maximum absolute atomic E-state index is 13.3. The molecule has 8 heteroatoms. The van der Waals surface area contributed by atoms with Gasteiger partial charge in [-0.1, -0.05) is 11.6 Å². The zero-order chi connectivity index (χ0) is 15.0. The molecule has 0 saturated heterocycles. The zero-order valence-electron chi connectivity index (χ0n) is 10.5. The van der Waals surface area contributed by atoms with Crippen molar-refractivity contribution in [1.29, 1.82) is 0 Å². The molecule has 1 aromatic heterocycles. The van der Waals surface area contributed by atoms with Crippen LogP contribution in [-0.2, 0) is 0 Å². The fourth-order valence-electron chi connectivity index (χ4n) is 1.88. The van der Waals surface area contributed by atoms with E-state index in [2.05, 4.69) is 15.5 Å². The van der Waals surface area contributed by atoms with E-state index in [0.717, 1.165) is 12.1 Å². The third kappa shape index (κ3) is 2.43. The van der Waals surface area contributed by atoms with Gasteiger partial charge in [-0.3, -0.25) is 0 Å². The summed E-state index contributed by atoms with van der Waals surface area (Å²) in [6, 6.07) is 8.21. The molecule has 5 nitrogen and oxygen atoms in total. The maximum Gasteiger partial charge on any atom is 0.189 e. The second kappa shape index (κ2) is 5.10. The lowest BCUT2D eigenvalue weighted by atomic mass is 10.1. The summed E-state index contributed by atoms with van der Waals surface area (Å²) in [4.78, 5) is 0. The molecule has 0 aliphatic carbocycles. The highest BCUT2D eigenvalue weighted by Crippen LogP contribution is 2.28. The summed E-state index contributed by atoms with van der Waals surface area (Å²) < 4.78 is 27.6. The lowest BCUT2D eigenvalue weighted by molar-refractivity contribution is 0.507. The number of aromatic nitrogens is 4. The van der Waals surface area contributed by atoms with Crippen LogP contribution in [0.4, 0.5) is 14.5 Å². The second-order valence-corrected chi connectivity index (χ2v) is 4.68. The fraction of sp³-hybridized carbons (Fsp3) is 0. The summed E-state index contributed by atoms with van der Waals surface area (Å²) >= 11 is 5.84. The normalized spacial score (nSPS) is 10.8. The van der Waals surface area contributed by atoms with Crippen LogP contribution in [0, 0.1) is 11.6 Å². The van der Waals surface area contributed by atoms with Crippen molar-refractivity contribution in [3.05, 3.63) is 53.1 Å². The van der Waals surface area contributed by atoms with Crippen molar-refractivity contribution in [3.8, 4) is 17.1 Å². The van der Waals surface area contributed by atoms with E-state index in [1.165, 1.54) is 10.7 Å². The minimum absolute atomic E-state index is 0.281. The summed E-state index contributed by atoms with van der Waals surface area (Å²) in [5.41, 5.74) is 7.08. The van der Waals surface area contributed by atoms with Gasteiger partial charge in [0.05, 0.1) is 5.69 Å². The summed E-state index contributed by atoms with van der Waals surface area (Å²) in [6.45, 7) is 0. The van der Waals surface area contributed by atoms with Gasteiger partial charge >= 0.3 is 0 Å². The van der Waals surface area contributed by atoms with Crippen LogP contribution in [0.5, 0.6) is 0 Å². The summed E-state index contributed by atoms with van der Waals surface area (Å²) in [5, 5.41) is 11.7. The van der Waals surface area contributed by atoms with Crippen molar-refractivity contribution in [1.82, 2.24) is 20.2 Å². The predicted molar refractivity (Wildman–Crippen MR) is 73.9 cm³/mol. The molecule has 1 heterocycles. The number of benzene rings is 2. The van der Waals surface area contributed by atoms with E-state index in [0.29, 0.717) is 22.1 Å². The van der Waals surface area contributed by atoms with Crippen molar-refractivity contribution in [3.63, 3.8) is 0 Å². The van der Waals surface area contributed by atoms with Crippen LogP contribution in [0.2, 0.25) is 5.02 Å². The van der Waals surface area contributed by atoms with Crippen molar-refractivity contribution in [2.75, 3.05) is 5.73 Å². The van der Waals surface area contributed by atoms with E-state index >= 15 is 0 Å². The third-order valence-corrected chi connectivity index (χ3v) is 3.11. The lowest BCUT2D eigenvalue weighted by Gasteiger charge is -2.07. The molecule has 106 valence electrons. The molecule has 0 bridgehead atoms. The second-order valence-electron chi connectivity index (χ2n) is 4.24. The van der Waals surface area contributed by atoms with Crippen molar-refractivity contribution < 1.29 is 8.78 Å². The van der Waals surface area contributed by atoms with Gasteiger partial charge in [-0.05, 0) is 40.8 Å². The third-order valence-electron chi connectivity index (χ3n) is 2.87. The van der Waals surface area contributed by atoms with Crippen LogP contribution in [0.3, 0.4) is 0 Å². The Hall–Kier alpha value is -2.54. The Kier molecular flexibility index (Phi) is 3.26. The zero-order valence-corrected chi connectivity index (χ0v) is 11.2. The SMILES string of the molecule is Nc1cc(Cl)ccc1-c1nnnn1-c1ccc(F)c(F)c1. The van der Waals surface area contributed by atoms with Crippen molar-refractivity contribution in [2.24, 2.45) is 0 Å². The molecule has 0 unspecified atom stereocenters. The minimum atomic E-state index is -0.988. The van der Waals surface area contributed by atoms with Crippen LogP contribution in [0.15, 0.2) is 36.4 Å². The van der Waals surface area contributed by atoms with E-state index in [-0.39, 0.29) is 5.69 Å². The van der Waals surface area contributed by atoms with Gasteiger partial charge in [0.25, 0.3) is 0 Å². The van der Waals surface area contributed by atoms with E-state index in [9.17, 15) is 8.78 Å². The highest BCUT2D eigenvalue weighted by Gasteiger charge is 2.15. The molecule has 0 radical (unpaired) electrons. The predicted octanol–water partition coefficient (Wildman–Crippen LogP) is 2.84. The van der Waals surface area contributed by atoms with Gasteiger partial charge in [0, 0.05) is 22.3 Å². The number of anilines is 1. The minimum Gasteiger partial charge on any atom is -0.398 e. The Bertz CT molecular complexity index is 818. The Morgan fingerprint density at radius 1 is 1.05 bits per heavy atom. The molecule has 2 N–H and O–H groups in total. The van der Waals surface area contributed by atoms with E-state index < -0.39 is 11.6 Å². The van der Waals surface area contributed by atoms with E-state index in [1.807, 2.05) is 0 Å². The number of tetrazole rings is 1. The lowest BCUT2D eigenvalue weighted by Crippen LogP contribution is -2.02. The van der Waals surface area contributed by atoms with Gasteiger partial charge in [-0.15, -0.1) is 5.10 Å². The number of hydrogen-bond donors (Lipinski definition) is 1. The van der Waals surface area contributed by atoms with Gasteiger partial charge in [0.2, 0.25) is 0 Å². The molecule has 3 rings (SSSR count). The van der Waals surface area contributed by atoms with Gasteiger partial charge in [0.15, 0.2) is 17.5 Å². The van der Waals surface area contributed by atoms with Gasteiger partial charge in [0.1, 0.15) is 0 Å². The van der Waals surface area contributed by atoms with Crippen LogP contribution in [0.25, 0.3) is 17.1 Å². The first-order valence-electron chi connectivity index (χ1n) is 5.85. The number of nitrogens with zero attached hydrogens (tertiary/aromatic N) is 4. The highest BCUT2D eigenvalue weighted by atomic mass is 35.5. The number of hydrogen-bond acceptors (Lipinski definition) is 4. The van der Waals surface area contributed by atoms with E-state index in [4.69, 9.17) is 17.3 Å². The Morgan fingerprint density at radius 3 is 2.57 bits per heavy atom. The largest absolute Gasteiger partial charge is 0.398 e. The quantitative estimate of drug-likeness (QED) is 0.739. The molecule has 0 saturated carbocycles. The molecular weight excluding hydrogens is 300 g/mol. The highest BCUT2D eigenvalue weighted by molar-refractivity contribution is 6.31. The molecule has 0 fully saturated rings. The van der Waals surface area contributed by atoms with Gasteiger partial charge in [-0.25, -0.2) is 8.78 Å². The first-order chi connectivity index (χ1) is 10.1. The number of nitrogens with two attached hydrogens (primary N) is 1. The van der Waals surface area contributed by atoms with Crippen LogP contribution >= 0.6 is 11.6 Å². The van der Waals surface area contributed by atoms with Crippen molar-refractivity contribution >= 4 is 17.3 Å². The average molecular weight is 308 g/mol. The maximum atomic E-state index is 13.3. The number of nitrogen functional groups attached to an aromatic ring is 1. The summed E-state index contributed by atoms with van der Waals surface area (Å²) in [5.74, 6) is -1.63. The summed E-state index contributed by atoms with van der Waals surface area (Å²) in [7, 11) is 0. The summed E-state index contributed by atoms with van der Waals surface area (Å²) in [6.07, 6.45) is 0. The Labute approximate surface area is 123 Å². The fourth-order valence-corrected chi connectivity index (χ4v) is 2.06. The molecule has 0 aliphatic heterocycles. The smallest absolute Gasteiger partial charge is 0.189 e. The van der Waals surface area contributed by atoms with Crippen molar-refractivity contribution in [2.45, 2.75) is 0 Å². The van der Waals surface area contributed by atoms with E-state index in [1.54, 1.807) is 18.2 Å². The molecular formula is C13H8ClF2N5. The Morgan fingerprint density at radius 2 is 1.86 bits per heavy atom. The van der Waals surface area contributed by atoms with Crippen LogP contribution < -0.4 is 5.73 Å².